The number of halogens is 4. The third-order valence-electron chi connectivity index (χ3n) is 3.84. The summed E-state index contributed by atoms with van der Waals surface area (Å²) in [5.74, 6) is -1.40. The zero-order chi connectivity index (χ0) is 21.7. The van der Waals surface area contributed by atoms with Gasteiger partial charge in [-0.05, 0) is 57.9 Å². The van der Waals surface area contributed by atoms with Crippen molar-refractivity contribution in [3.05, 3.63) is 45.2 Å². The number of aromatic nitrogens is 2. The predicted molar refractivity (Wildman–Crippen MR) is 100 cm³/mol. The number of amides is 1. The van der Waals surface area contributed by atoms with Crippen LogP contribution >= 0.6 is 15.9 Å². The third kappa shape index (κ3) is 4.40. The van der Waals surface area contributed by atoms with Gasteiger partial charge in [0.15, 0.2) is 5.69 Å². The van der Waals surface area contributed by atoms with E-state index in [0.29, 0.717) is 20.3 Å². The molecule has 0 aliphatic rings. The van der Waals surface area contributed by atoms with Crippen LogP contribution in [0.5, 0.6) is 0 Å². The smallest absolute Gasteiger partial charge is 0.268 e. The molecule has 0 bridgehead atoms. The van der Waals surface area contributed by atoms with Gasteiger partial charge in [0.05, 0.1) is 22.2 Å². The van der Waals surface area contributed by atoms with Crippen LogP contribution < -0.4 is 4.72 Å². The van der Waals surface area contributed by atoms with E-state index < -0.39 is 38.9 Å². The van der Waals surface area contributed by atoms with Gasteiger partial charge in [0.1, 0.15) is 0 Å². The number of sulfonamides is 1. The molecule has 2 aromatic rings. The van der Waals surface area contributed by atoms with Crippen molar-refractivity contribution in [1.29, 1.82) is 0 Å². The fourth-order valence-corrected chi connectivity index (χ4v) is 4.95. The van der Waals surface area contributed by atoms with E-state index in [2.05, 4.69) is 21.0 Å². The maximum atomic E-state index is 13.6. The van der Waals surface area contributed by atoms with Crippen LogP contribution in [0.4, 0.5) is 13.2 Å². The molecule has 11 heteroatoms. The number of aryl methyl sites for hydroxylation is 2. The molecule has 1 aromatic carbocycles. The highest BCUT2D eigenvalue weighted by atomic mass is 79.9. The number of hydrogen-bond acceptors (Lipinski definition) is 4. The van der Waals surface area contributed by atoms with Crippen LogP contribution in [0.1, 0.15) is 48.0 Å². The first kappa shape index (κ1) is 22.4. The zero-order valence-corrected chi connectivity index (χ0v) is 18.2. The highest BCUT2D eigenvalue weighted by molar-refractivity contribution is 9.10. The Morgan fingerprint density at radius 3 is 2.07 bits per heavy atom. The van der Waals surface area contributed by atoms with E-state index in [1.165, 1.54) is 46.8 Å². The maximum absolute atomic E-state index is 13.6. The quantitative estimate of drug-likeness (QED) is 0.713. The lowest BCUT2D eigenvalue weighted by Gasteiger charge is -2.23. The Morgan fingerprint density at radius 2 is 1.64 bits per heavy atom. The first-order valence-electron chi connectivity index (χ1n) is 8.05. The lowest BCUT2D eigenvalue weighted by Crippen LogP contribution is -2.34. The Bertz CT molecular complexity index is 1020. The second kappa shape index (κ2) is 7.18. The van der Waals surface area contributed by atoms with Gasteiger partial charge in [-0.2, -0.15) is 18.3 Å². The minimum Gasteiger partial charge on any atom is -0.268 e. The molecule has 1 heterocycles. The third-order valence-corrected chi connectivity index (χ3v) is 5.93. The van der Waals surface area contributed by atoms with Gasteiger partial charge in [-0.25, -0.2) is 13.1 Å². The molecule has 0 aliphatic heterocycles. The summed E-state index contributed by atoms with van der Waals surface area (Å²) in [6, 6.07) is 3.07. The number of carbonyl (C=O) groups is 1. The Balaban J connectivity index is 2.53. The first-order valence-corrected chi connectivity index (χ1v) is 10.3. The normalized spacial score (nSPS) is 12.9. The number of hydrogen-bond donors (Lipinski definition) is 1. The van der Waals surface area contributed by atoms with Crippen molar-refractivity contribution in [2.24, 2.45) is 0 Å². The minimum atomic E-state index is -4.90. The van der Waals surface area contributed by atoms with Crippen molar-refractivity contribution in [2.75, 3.05) is 0 Å². The van der Waals surface area contributed by atoms with Crippen LogP contribution in [0.2, 0.25) is 0 Å². The van der Waals surface area contributed by atoms with Crippen LogP contribution in [0.15, 0.2) is 27.7 Å². The summed E-state index contributed by atoms with van der Waals surface area (Å²) < 4.78 is 69.1. The monoisotopic (exact) mass is 481 g/mol. The topological polar surface area (TPSA) is 81.1 Å². The Labute approximate surface area is 169 Å². The summed E-state index contributed by atoms with van der Waals surface area (Å²) in [4.78, 5) is 12.3. The van der Waals surface area contributed by atoms with Crippen LogP contribution in [0.3, 0.4) is 0 Å². The molecule has 0 saturated carbocycles. The van der Waals surface area contributed by atoms with Crippen molar-refractivity contribution in [3.8, 4) is 0 Å². The molecular weight excluding hydrogens is 463 g/mol. The Kier molecular flexibility index (Phi) is 5.75. The summed E-state index contributed by atoms with van der Waals surface area (Å²) in [5, 5.41) is 3.66. The van der Waals surface area contributed by atoms with E-state index >= 15 is 0 Å². The predicted octanol–water partition coefficient (Wildman–Crippen LogP) is 4.15. The van der Waals surface area contributed by atoms with Crippen molar-refractivity contribution in [1.82, 2.24) is 14.5 Å². The number of nitrogens with one attached hydrogen (secondary N) is 1. The van der Waals surface area contributed by atoms with Crippen molar-refractivity contribution < 1.29 is 26.4 Å². The van der Waals surface area contributed by atoms with Gasteiger partial charge in [0.25, 0.3) is 15.9 Å². The number of carbonyl (C=O) groups excluding carboxylic acids is 1. The number of benzene rings is 1. The molecule has 0 fully saturated rings. The number of rotatable bonds is 3. The molecule has 0 saturated heterocycles. The molecule has 1 amide bonds. The Hall–Kier alpha value is -1.88. The summed E-state index contributed by atoms with van der Waals surface area (Å²) in [6.45, 7) is 7.51. The average molecular weight is 482 g/mol. The van der Waals surface area contributed by atoms with Crippen LogP contribution in [-0.2, 0) is 21.7 Å². The molecule has 1 N–H and O–H groups in total. The lowest BCUT2D eigenvalue weighted by molar-refractivity contribution is -0.146. The summed E-state index contributed by atoms with van der Waals surface area (Å²) in [5.41, 5.74) is -2.56. The zero-order valence-electron chi connectivity index (χ0n) is 15.8. The van der Waals surface area contributed by atoms with E-state index in [1.807, 2.05) is 0 Å². The Morgan fingerprint density at radius 1 is 1.14 bits per heavy atom. The number of nitrogens with zero attached hydrogens (tertiary/aromatic N) is 2. The van der Waals surface area contributed by atoms with Gasteiger partial charge < -0.3 is 0 Å². The maximum Gasteiger partial charge on any atom is 0.433 e. The van der Waals surface area contributed by atoms with Crippen molar-refractivity contribution in [3.63, 3.8) is 0 Å². The molecule has 0 spiro atoms. The fourth-order valence-electron chi connectivity index (χ4n) is 2.85. The minimum absolute atomic E-state index is 0.166. The molecule has 0 atom stereocenters. The second-order valence-electron chi connectivity index (χ2n) is 7.29. The largest absolute Gasteiger partial charge is 0.433 e. The van der Waals surface area contributed by atoms with Crippen molar-refractivity contribution >= 4 is 31.9 Å². The van der Waals surface area contributed by atoms with Crippen molar-refractivity contribution in [2.45, 2.75) is 51.2 Å². The number of alkyl halides is 3. The lowest BCUT2D eigenvalue weighted by atomic mass is 10.1. The van der Waals surface area contributed by atoms with Gasteiger partial charge in [-0.15, -0.1) is 0 Å². The van der Waals surface area contributed by atoms with E-state index in [0.717, 1.165) is 6.20 Å². The molecule has 2 rings (SSSR count). The van der Waals surface area contributed by atoms with Gasteiger partial charge in [-0.1, -0.05) is 15.9 Å². The molecule has 154 valence electrons. The summed E-state index contributed by atoms with van der Waals surface area (Å²) >= 11 is 3.24. The van der Waals surface area contributed by atoms with Gasteiger partial charge in [0, 0.05) is 4.47 Å². The SMILES string of the molecule is Cc1cc(Br)cc(C)c1S(=O)(=O)NC(=O)c1cnn(C(C)(C)C)c1C(F)(F)F. The molecule has 0 aliphatic carbocycles. The molecule has 0 unspecified atom stereocenters. The second-order valence-corrected chi connectivity index (χ2v) is 9.83. The van der Waals surface area contributed by atoms with Gasteiger partial charge in [-0.3, -0.25) is 9.48 Å². The standard InChI is InChI=1S/C17H19BrF3N3O3S/c1-9-6-11(18)7-10(2)13(9)28(26,27)23-15(25)12-8-22-24(16(3,4)5)14(12)17(19,20)21/h6-8H,1-5H3,(H,23,25). The summed E-state index contributed by atoms with van der Waals surface area (Å²) in [7, 11) is -4.40. The van der Waals surface area contributed by atoms with E-state index in [1.54, 1.807) is 4.72 Å². The van der Waals surface area contributed by atoms with E-state index in [9.17, 15) is 26.4 Å². The van der Waals surface area contributed by atoms with Crippen LogP contribution in [0.25, 0.3) is 0 Å². The molecular formula is C17H19BrF3N3O3S. The first-order chi connectivity index (χ1) is 12.6. The van der Waals surface area contributed by atoms with Crippen LogP contribution in [0, 0.1) is 13.8 Å². The highest BCUT2D eigenvalue weighted by Gasteiger charge is 2.43. The van der Waals surface area contributed by atoms with E-state index in [4.69, 9.17) is 0 Å². The molecule has 6 nitrogen and oxygen atoms in total. The average Bonchev–Trinajstić information content (AvgIpc) is 2.89. The molecule has 1 aromatic heterocycles. The van der Waals surface area contributed by atoms with E-state index in [-0.39, 0.29) is 4.90 Å². The van der Waals surface area contributed by atoms with Gasteiger partial charge >= 0.3 is 6.18 Å². The molecule has 0 radical (unpaired) electrons. The fraction of sp³-hybridized carbons (Fsp3) is 0.412. The van der Waals surface area contributed by atoms with Gasteiger partial charge in [0.2, 0.25) is 0 Å². The molecule has 28 heavy (non-hydrogen) atoms. The summed E-state index contributed by atoms with van der Waals surface area (Å²) in [6.07, 6.45) is -4.18. The van der Waals surface area contributed by atoms with Crippen LogP contribution in [-0.4, -0.2) is 24.1 Å². The highest BCUT2D eigenvalue weighted by Crippen LogP contribution is 2.35.